The Labute approximate surface area is 136 Å². The number of likely N-dealkylation sites (N-methyl/N-ethyl adjacent to an activating group) is 1. The van der Waals surface area contributed by atoms with Gasteiger partial charge < -0.3 is 15.1 Å². The Hall–Kier alpha value is -2.34. The SMILES string of the molecule is CN(C)C(CNC(=O)N1Cc2ccccc2C1)c1cnn(C)c1. The van der Waals surface area contributed by atoms with Crippen molar-refractivity contribution in [3.63, 3.8) is 0 Å². The maximum atomic E-state index is 12.5. The molecule has 1 atom stereocenters. The van der Waals surface area contributed by atoms with E-state index < -0.39 is 0 Å². The molecule has 122 valence electrons. The lowest BCUT2D eigenvalue weighted by Crippen LogP contribution is -2.41. The number of amides is 2. The average molecular weight is 313 g/mol. The molecule has 1 aliphatic rings. The highest BCUT2D eigenvalue weighted by atomic mass is 16.2. The molecule has 1 unspecified atom stereocenters. The van der Waals surface area contributed by atoms with Crippen LogP contribution in [0, 0.1) is 0 Å². The van der Waals surface area contributed by atoms with E-state index in [1.165, 1.54) is 11.1 Å². The maximum absolute atomic E-state index is 12.5. The molecule has 2 amide bonds. The monoisotopic (exact) mass is 313 g/mol. The number of hydrogen-bond donors (Lipinski definition) is 1. The minimum atomic E-state index is -0.0167. The van der Waals surface area contributed by atoms with Gasteiger partial charge in [-0.25, -0.2) is 4.79 Å². The van der Waals surface area contributed by atoms with Crippen LogP contribution in [0.2, 0.25) is 0 Å². The van der Waals surface area contributed by atoms with E-state index in [1.54, 1.807) is 4.68 Å². The van der Waals surface area contributed by atoms with Crippen LogP contribution in [0.1, 0.15) is 22.7 Å². The molecule has 2 heterocycles. The van der Waals surface area contributed by atoms with E-state index in [0.717, 1.165) is 5.56 Å². The van der Waals surface area contributed by atoms with Crippen molar-refractivity contribution in [2.45, 2.75) is 19.1 Å². The highest BCUT2D eigenvalue weighted by molar-refractivity contribution is 5.75. The van der Waals surface area contributed by atoms with Crippen LogP contribution < -0.4 is 5.32 Å². The summed E-state index contributed by atoms with van der Waals surface area (Å²) in [5, 5.41) is 7.28. The highest BCUT2D eigenvalue weighted by Crippen LogP contribution is 2.22. The summed E-state index contributed by atoms with van der Waals surface area (Å²) in [5.74, 6) is 0. The van der Waals surface area contributed by atoms with Crippen molar-refractivity contribution in [1.82, 2.24) is 24.9 Å². The smallest absolute Gasteiger partial charge is 0.318 e. The van der Waals surface area contributed by atoms with E-state index in [9.17, 15) is 4.79 Å². The van der Waals surface area contributed by atoms with Crippen LogP contribution in [-0.2, 0) is 20.1 Å². The lowest BCUT2D eigenvalue weighted by molar-refractivity contribution is 0.193. The molecule has 0 aliphatic carbocycles. The molecule has 1 N–H and O–H groups in total. The van der Waals surface area contributed by atoms with Crippen LogP contribution in [0.3, 0.4) is 0 Å². The number of benzene rings is 1. The van der Waals surface area contributed by atoms with E-state index >= 15 is 0 Å². The number of nitrogens with zero attached hydrogens (tertiary/aromatic N) is 4. The molecule has 0 saturated carbocycles. The first-order valence-electron chi connectivity index (χ1n) is 7.79. The molecule has 3 rings (SSSR count). The van der Waals surface area contributed by atoms with Crippen LogP contribution in [0.4, 0.5) is 4.79 Å². The molecular weight excluding hydrogens is 290 g/mol. The Morgan fingerprint density at radius 1 is 1.30 bits per heavy atom. The van der Waals surface area contributed by atoms with Gasteiger partial charge in [-0.2, -0.15) is 5.10 Å². The number of hydrogen-bond acceptors (Lipinski definition) is 3. The predicted octanol–water partition coefficient (Wildman–Crippen LogP) is 1.75. The Morgan fingerprint density at radius 2 is 1.96 bits per heavy atom. The number of carbonyl (C=O) groups excluding carboxylic acids is 1. The Kier molecular flexibility index (Phi) is 4.34. The van der Waals surface area contributed by atoms with Gasteiger partial charge in [0.2, 0.25) is 0 Å². The second kappa shape index (κ2) is 6.42. The molecule has 6 nitrogen and oxygen atoms in total. The number of fused-ring (bicyclic) bond motifs is 1. The van der Waals surface area contributed by atoms with Crippen molar-refractivity contribution in [1.29, 1.82) is 0 Å². The van der Waals surface area contributed by atoms with Crippen molar-refractivity contribution >= 4 is 6.03 Å². The summed E-state index contributed by atoms with van der Waals surface area (Å²) in [5.41, 5.74) is 3.57. The molecule has 6 heteroatoms. The second-order valence-electron chi connectivity index (χ2n) is 6.24. The third-order valence-electron chi connectivity index (χ3n) is 4.31. The van der Waals surface area contributed by atoms with Gasteiger partial charge in [0, 0.05) is 38.4 Å². The van der Waals surface area contributed by atoms with E-state index in [-0.39, 0.29) is 12.1 Å². The molecule has 2 aromatic rings. The van der Waals surface area contributed by atoms with Crippen LogP contribution in [0.15, 0.2) is 36.7 Å². The number of aryl methyl sites for hydroxylation is 1. The molecule has 0 saturated heterocycles. The third kappa shape index (κ3) is 3.37. The minimum Gasteiger partial charge on any atom is -0.336 e. The van der Waals surface area contributed by atoms with Crippen molar-refractivity contribution in [3.05, 3.63) is 53.3 Å². The number of rotatable bonds is 4. The van der Waals surface area contributed by atoms with Crippen molar-refractivity contribution in [3.8, 4) is 0 Å². The molecule has 0 fully saturated rings. The zero-order valence-electron chi connectivity index (χ0n) is 13.9. The first-order chi connectivity index (χ1) is 11.0. The van der Waals surface area contributed by atoms with Crippen molar-refractivity contribution in [2.75, 3.05) is 20.6 Å². The second-order valence-corrected chi connectivity index (χ2v) is 6.24. The lowest BCUT2D eigenvalue weighted by Gasteiger charge is -2.25. The molecule has 1 aliphatic heterocycles. The van der Waals surface area contributed by atoms with Crippen LogP contribution >= 0.6 is 0 Å². The number of urea groups is 1. The Bertz CT molecular complexity index is 669. The molecule has 1 aromatic heterocycles. The Balaban J connectivity index is 1.60. The summed E-state index contributed by atoms with van der Waals surface area (Å²) in [6.07, 6.45) is 3.84. The van der Waals surface area contributed by atoms with Crippen molar-refractivity contribution in [2.24, 2.45) is 7.05 Å². The zero-order valence-corrected chi connectivity index (χ0v) is 13.9. The summed E-state index contributed by atoms with van der Waals surface area (Å²) < 4.78 is 1.78. The highest BCUT2D eigenvalue weighted by Gasteiger charge is 2.24. The number of carbonyl (C=O) groups is 1. The van der Waals surface area contributed by atoms with Gasteiger partial charge in [0.15, 0.2) is 0 Å². The first-order valence-corrected chi connectivity index (χ1v) is 7.79. The third-order valence-corrected chi connectivity index (χ3v) is 4.31. The van der Waals surface area contributed by atoms with Gasteiger partial charge in [-0.15, -0.1) is 0 Å². The van der Waals surface area contributed by atoms with E-state index in [0.29, 0.717) is 19.6 Å². The van der Waals surface area contributed by atoms with Crippen molar-refractivity contribution < 1.29 is 4.79 Å². The maximum Gasteiger partial charge on any atom is 0.318 e. The van der Waals surface area contributed by atoms with Gasteiger partial charge in [-0.3, -0.25) is 4.68 Å². The number of nitrogens with one attached hydrogen (secondary N) is 1. The average Bonchev–Trinajstić information content (AvgIpc) is 3.13. The fraction of sp³-hybridized carbons (Fsp3) is 0.412. The summed E-state index contributed by atoms with van der Waals surface area (Å²) in [6, 6.07) is 8.30. The minimum absolute atomic E-state index is 0.0167. The molecule has 1 aromatic carbocycles. The summed E-state index contributed by atoms with van der Waals surface area (Å²) in [6.45, 7) is 1.92. The fourth-order valence-electron chi connectivity index (χ4n) is 2.98. The van der Waals surface area contributed by atoms with Crippen LogP contribution in [0.25, 0.3) is 0 Å². The van der Waals surface area contributed by atoms with Gasteiger partial charge in [0.1, 0.15) is 0 Å². The number of aromatic nitrogens is 2. The quantitative estimate of drug-likeness (QED) is 0.935. The summed E-state index contributed by atoms with van der Waals surface area (Å²) >= 11 is 0. The molecular formula is C17H23N5O. The normalized spacial score (nSPS) is 14.9. The first kappa shape index (κ1) is 15.6. The predicted molar refractivity (Wildman–Crippen MR) is 88.7 cm³/mol. The topological polar surface area (TPSA) is 53.4 Å². The van der Waals surface area contributed by atoms with Gasteiger partial charge in [0.25, 0.3) is 0 Å². The standard InChI is InChI=1S/C17H23N5O/c1-20(2)16(15-8-19-21(3)10-15)9-18-17(23)22-11-13-6-4-5-7-14(13)12-22/h4-8,10,16H,9,11-12H2,1-3H3,(H,18,23). The van der Waals surface area contributed by atoms with Crippen LogP contribution in [-0.4, -0.2) is 46.3 Å². The van der Waals surface area contributed by atoms with E-state index in [4.69, 9.17) is 0 Å². The molecule has 23 heavy (non-hydrogen) atoms. The zero-order chi connectivity index (χ0) is 16.4. The summed E-state index contributed by atoms with van der Waals surface area (Å²) in [7, 11) is 5.92. The van der Waals surface area contributed by atoms with Gasteiger partial charge >= 0.3 is 6.03 Å². The molecule has 0 spiro atoms. The van der Waals surface area contributed by atoms with Gasteiger partial charge in [-0.05, 0) is 25.2 Å². The fourth-order valence-corrected chi connectivity index (χ4v) is 2.98. The van der Waals surface area contributed by atoms with Crippen LogP contribution in [0.5, 0.6) is 0 Å². The Morgan fingerprint density at radius 3 is 2.48 bits per heavy atom. The molecule has 0 radical (unpaired) electrons. The van der Waals surface area contributed by atoms with E-state index in [1.807, 2.05) is 50.6 Å². The van der Waals surface area contributed by atoms with Gasteiger partial charge in [-0.1, -0.05) is 24.3 Å². The lowest BCUT2D eigenvalue weighted by atomic mass is 10.1. The van der Waals surface area contributed by atoms with Gasteiger partial charge in [0.05, 0.1) is 12.2 Å². The summed E-state index contributed by atoms with van der Waals surface area (Å²) in [4.78, 5) is 16.4. The van der Waals surface area contributed by atoms with E-state index in [2.05, 4.69) is 27.4 Å². The largest absolute Gasteiger partial charge is 0.336 e. The molecule has 0 bridgehead atoms.